The summed E-state index contributed by atoms with van der Waals surface area (Å²) in [4.78, 5) is 7.47. The molecule has 0 fully saturated rings. The first-order valence-corrected chi connectivity index (χ1v) is 14.8. The number of para-hydroxylation sites is 2. The van der Waals surface area contributed by atoms with E-state index in [4.69, 9.17) is 15.2 Å². The summed E-state index contributed by atoms with van der Waals surface area (Å²) >= 11 is 0. The van der Waals surface area contributed by atoms with Crippen LogP contribution in [0.15, 0.2) is 150 Å². The monoisotopic (exact) mass is 556 g/mol. The van der Waals surface area contributed by atoms with Gasteiger partial charge in [-0.1, -0.05) is 115 Å². The van der Waals surface area contributed by atoms with Gasteiger partial charge in [-0.2, -0.15) is 5.11 Å². The highest BCUT2D eigenvalue weighted by Crippen LogP contribution is 2.52. The largest absolute Gasteiger partial charge is 0.317 e. The second-order valence-electron chi connectivity index (χ2n) is 11.3. The Balaban J connectivity index is 1.31. The number of rotatable bonds is 3. The molecule has 206 valence electrons. The molecule has 43 heavy (non-hydrogen) atoms. The minimum absolute atomic E-state index is 0.00275. The van der Waals surface area contributed by atoms with Gasteiger partial charge in [-0.3, -0.25) is 0 Å². The molecule has 4 unspecified atom stereocenters. The maximum atomic E-state index is 5.03. The molecule has 4 atom stereocenters. The number of aromatic nitrogens is 2. The lowest BCUT2D eigenvalue weighted by molar-refractivity contribution is 0.425. The van der Waals surface area contributed by atoms with Gasteiger partial charge in [0, 0.05) is 39.7 Å². The van der Waals surface area contributed by atoms with E-state index < -0.39 is 0 Å². The first kappa shape index (κ1) is 24.3. The van der Waals surface area contributed by atoms with E-state index in [1.54, 1.807) is 0 Å². The van der Waals surface area contributed by atoms with Crippen LogP contribution in [0.2, 0.25) is 0 Å². The zero-order valence-electron chi connectivity index (χ0n) is 23.3. The lowest BCUT2D eigenvalue weighted by Gasteiger charge is -2.36. The number of benzene rings is 4. The van der Waals surface area contributed by atoms with Crippen LogP contribution in [0.4, 0.5) is 11.5 Å². The SMILES string of the molecule is C1=CC2c3c(c4ccccc4n3C3N=NC(c4ccccc4)N3)-c3ccccc3N(c3nccc4ccccc34)C2C=C1. The van der Waals surface area contributed by atoms with Gasteiger partial charge in [-0.05, 0) is 29.1 Å². The quantitative estimate of drug-likeness (QED) is 0.237. The Morgan fingerprint density at radius 3 is 2.37 bits per heavy atom. The van der Waals surface area contributed by atoms with Crippen LogP contribution >= 0.6 is 0 Å². The molecule has 6 nitrogen and oxygen atoms in total. The van der Waals surface area contributed by atoms with Gasteiger partial charge in [-0.15, -0.1) is 5.11 Å². The van der Waals surface area contributed by atoms with E-state index in [9.17, 15) is 0 Å². The minimum atomic E-state index is -0.340. The standard InChI is InChI=1S/C37H28N6/c1-2-13-25(14-3-1)35-39-37(41-40-35)43-31-20-10-7-17-28(31)33-27-16-6-9-19-30(27)42(32-21-11-8-18-29(32)34(33)43)36-26-15-5-4-12-24(26)22-23-38-36/h1-23,29,32,35,37,39H. The predicted molar refractivity (Wildman–Crippen MR) is 172 cm³/mol. The molecule has 0 spiro atoms. The van der Waals surface area contributed by atoms with Gasteiger partial charge in [0.15, 0.2) is 0 Å². The Labute approximate surface area is 249 Å². The third-order valence-electron chi connectivity index (χ3n) is 8.94. The van der Waals surface area contributed by atoms with Crippen LogP contribution in [0.3, 0.4) is 0 Å². The molecule has 0 saturated heterocycles. The van der Waals surface area contributed by atoms with Crippen molar-refractivity contribution in [3.63, 3.8) is 0 Å². The van der Waals surface area contributed by atoms with Crippen molar-refractivity contribution >= 4 is 33.2 Å². The van der Waals surface area contributed by atoms with Crippen molar-refractivity contribution in [1.29, 1.82) is 0 Å². The fourth-order valence-electron chi connectivity index (χ4n) is 7.12. The normalized spacial score (nSPS) is 22.0. The van der Waals surface area contributed by atoms with E-state index in [0.29, 0.717) is 0 Å². The number of anilines is 2. The van der Waals surface area contributed by atoms with Crippen LogP contribution in [0.5, 0.6) is 0 Å². The van der Waals surface area contributed by atoms with Gasteiger partial charge in [0.05, 0.1) is 17.2 Å². The number of nitrogens with zero attached hydrogens (tertiary/aromatic N) is 5. The summed E-state index contributed by atoms with van der Waals surface area (Å²) in [5.41, 5.74) is 7.05. The van der Waals surface area contributed by atoms with E-state index >= 15 is 0 Å². The molecular weight excluding hydrogens is 528 g/mol. The average Bonchev–Trinajstić information content (AvgIpc) is 3.66. The fourth-order valence-corrected chi connectivity index (χ4v) is 7.12. The van der Waals surface area contributed by atoms with Crippen LogP contribution in [0, 0.1) is 0 Å². The van der Waals surface area contributed by atoms with Crippen LogP contribution in [0.1, 0.15) is 29.6 Å². The van der Waals surface area contributed by atoms with Crippen LogP contribution < -0.4 is 10.2 Å². The van der Waals surface area contributed by atoms with Gasteiger partial charge in [-0.25, -0.2) is 10.3 Å². The van der Waals surface area contributed by atoms with Crippen molar-refractivity contribution in [2.75, 3.05) is 4.90 Å². The van der Waals surface area contributed by atoms with Gasteiger partial charge in [0.1, 0.15) is 12.0 Å². The summed E-state index contributed by atoms with van der Waals surface area (Å²) in [6.07, 6.45) is 10.4. The van der Waals surface area contributed by atoms with Crippen LogP contribution in [-0.2, 0) is 0 Å². The second kappa shape index (κ2) is 9.61. The lowest BCUT2D eigenvalue weighted by Crippen LogP contribution is -2.36. The molecular formula is C37H28N6. The molecule has 6 aromatic rings. The highest BCUT2D eigenvalue weighted by atomic mass is 15.5. The number of hydrogen-bond acceptors (Lipinski definition) is 5. The third kappa shape index (κ3) is 3.66. The van der Waals surface area contributed by atoms with Crippen LogP contribution in [-0.4, -0.2) is 15.6 Å². The van der Waals surface area contributed by atoms with Gasteiger partial charge in [0.25, 0.3) is 0 Å². The number of pyridine rings is 1. The topological polar surface area (TPSA) is 57.8 Å². The summed E-state index contributed by atoms with van der Waals surface area (Å²) in [5, 5.41) is 16.8. The Kier molecular flexibility index (Phi) is 5.43. The molecule has 2 aromatic heterocycles. The van der Waals surface area contributed by atoms with E-state index in [1.165, 1.54) is 27.6 Å². The molecule has 4 heterocycles. The second-order valence-corrected chi connectivity index (χ2v) is 11.3. The molecule has 3 aliphatic rings. The average molecular weight is 557 g/mol. The maximum absolute atomic E-state index is 5.03. The fraction of sp³-hybridized carbons (Fsp3) is 0.108. The first-order valence-electron chi connectivity index (χ1n) is 14.8. The zero-order valence-corrected chi connectivity index (χ0v) is 23.3. The molecule has 2 aliphatic heterocycles. The zero-order chi connectivity index (χ0) is 28.3. The summed E-state index contributed by atoms with van der Waals surface area (Å²) in [6.45, 7) is 0. The van der Waals surface area contributed by atoms with Crippen molar-refractivity contribution in [3.8, 4) is 11.1 Å². The predicted octanol–water partition coefficient (Wildman–Crippen LogP) is 8.80. The summed E-state index contributed by atoms with van der Waals surface area (Å²) in [7, 11) is 0. The van der Waals surface area contributed by atoms with Crippen molar-refractivity contribution in [3.05, 3.63) is 151 Å². The molecule has 4 aromatic carbocycles. The molecule has 1 N–H and O–H groups in total. The molecule has 0 amide bonds. The number of allylic oxidation sites excluding steroid dienone is 2. The molecule has 0 bridgehead atoms. The molecule has 0 radical (unpaired) electrons. The van der Waals surface area contributed by atoms with Gasteiger partial charge in [0.2, 0.25) is 6.29 Å². The highest BCUT2D eigenvalue weighted by Gasteiger charge is 2.41. The molecule has 6 heteroatoms. The number of hydrogen-bond donors (Lipinski definition) is 1. The first-order chi connectivity index (χ1) is 21.4. The van der Waals surface area contributed by atoms with Crippen molar-refractivity contribution in [2.45, 2.75) is 24.4 Å². The van der Waals surface area contributed by atoms with Crippen molar-refractivity contribution < 1.29 is 0 Å². The third-order valence-corrected chi connectivity index (χ3v) is 8.94. The van der Waals surface area contributed by atoms with E-state index in [-0.39, 0.29) is 24.4 Å². The molecule has 9 rings (SSSR count). The minimum Gasteiger partial charge on any atom is -0.317 e. The summed E-state index contributed by atoms with van der Waals surface area (Å²) < 4.78 is 2.38. The van der Waals surface area contributed by atoms with Crippen molar-refractivity contribution in [2.24, 2.45) is 10.2 Å². The number of nitrogens with one attached hydrogen (secondary N) is 1. The van der Waals surface area contributed by atoms with Crippen molar-refractivity contribution in [1.82, 2.24) is 14.9 Å². The van der Waals surface area contributed by atoms with Crippen LogP contribution in [0.25, 0.3) is 32.8 Å². The highest BCUT2D eigenvalue weighted by molar-refractivity contribution is 6.05. The summed E-state index contributed by atoms with van der Waals surface area (Å²) in [6, 6.07) is 38.4. The Morgan fingerprint density at radius 1 is 0.674 bits per heavy atom. The Morgan fingerprint density at radius 2 is 1.44 bits per heavy atom. The van der Waals surface area contributed by atoms with E-state index in [2.05, 4.69) is 130 Å². The summed E-state index contributed by atoms with van der Waals surface area (Å²) in [5.74, 6) is 0.998. The Bertz CT molecular complexity index is 2100. The molecule has 1 aliphatic carbocycles. The number of fused-ring (bicyclic) bond motifs is 8. The number of azo groups is 1. The smallest absolute Gasteiger partial charge is 0.202 e. The Hall–Kier alpha value is -5.33. The molecule has 0 saturated carbocycles. The maximum Gasteiger partial charge on any atom is 0.202 e. The lowest BCUT2D eigenvalue weighted by atomic mass is 9.88. The van der Waals surface area contributed by atoms with E-state index in [1.807, 2.05) is 24.4 Å². The van der Waals surface area contributed by atoms with Gasteiger partial charge < -0.3 is 9.47 Å². The van der Waals surface area contributed by atoms with Gasteiger partial charge >= 0.3 is 0 Å². The van der Waals surface area contributed by atoms with E-state index in [0.717, 1.165) is 28.0 Å².